The van der Waals surface area contributed by atoms with E-state index in [1.807, 2.05) is 0 Å². The summed E-state index contributed by atoms with van der Waals surface area (Å²) in [6.07, 6.45) is 3.53. The summed E-state index contributed by atoms with van der Waals surface area (Å²) < 4.78 is 23.0. The van der Waals surface area contributed by atoms with Gasteiger partial charge in [-0.25, -0.2) is 14.3 Å². The van der Waals surface area contributed by atoms with Gasteiger partial charge in [-0.1, -0.05) is 6.07 Å². The van der Waals surface area contributed by atoms with Gasteiger partial charge in [0.25, 0.3) is 5.56 Å². The molecule has 2 heterocycles. The van der Waals surface area contributed by atoms with Crippen LogP contribution in [-0.4, -0.2) is 26.1 Å². The molecule has 5 rings (SSSR count). The summed E-state index contributed by atoms with van der Waals surface area (Å²) in [5.41, 5.74) is 8.48. The summed E-state index contributed by atoms with van der Waals surface area (Å²) in [6, 6.07) is 6.84. The van der Waals surface area contributed by atoms with E-state index in [0.29, 0.717) is 44.6 Å². The van der Waals surface area contributed by atoms with E-state index in [1.165, 1.54) is 0 Å². The van der Waals surface area contributed by atoms with E-state index in [9.17, 15) is 4.79 Å². The van der Waals surface area contributed by atoms with Crippen molar-refractivity contribution in [2.45, 2.75) is 32.4 Å². The monoisotopic (exact) mass is 444 g/mol. The van der Waals surface area contributed by atoms with E-state index in [0.717, 1.165) is 12.8 Å². The van der Waals surface area contributed by atoms with Crippen LogP contribution in [0.2, 0.25) is 0 Å². The first kappa shape index (κ1) is 20.8. The first-order valence-electron chi connectivity index (χ1n) is 10.5. The van der Waals surface area contributed by atoms with Crippen molar-refractivity contribution in [3.63, 3.8) is 0 Å². The van der Waals surface area contributed by atoms with Crippen molar-refractivity contribution in [2.24, 2.45) is 12.8 Å². The molecule has 2 aromatic carbocycles. The van der Waals surface area contributed by atoms with Gasteiger partial charge in [0.15, 0.2) is 0 Å². The predicted octanol–water partition coefficient (Wildman–Crippen LogP) is 3.99. The lowest BCUT2D eigenvalue weighted by Gasteiger charge is -2.16. The lowest BCUT2D eigenvalue weighted by molar-refractivity contribution is 0.304. The molecule has 1 saturated carbocycles. The fraction of sp³-hybridized carbons (Fsp3) is 0.250. The van der Waals surface area contributed by atoms with Crippen molar-refractivity contribution < 1.29 is 9.13 Å². The molecule has 1 aliphatic carbocycles. The second kappa shape index (κ2) is 7.83. The zero-order chi connectivity index (χ0) is 23.3. The molecule has 0 saturated heterocycles. The highest BCUT2D eigenvalue weighted by Crippen LogP contribution is 2.46. The Bertz CT molecular complexity index is 1510. The second-order valence-corrected chi connectivity index (χ2v) is 8.15. The summed E-state index contributed by atoms with van der Waals surface area (Å²) in [7, 11) is 1.70. The van der Waals surface area contributed by atoms with Crippen LogP contribution in [0.15, 0.2) is 35.3 Å². The molecular formula is C24H21FN6O2. The Morgan fingerprint density at radius 1 is 1.33 bits per heavy atom. The molecule has 0 aliphatic heterocycles. The van der Waals surface area contributed by atoms with Crippen molar-refractivity contribution in [3.05, 3.63) is 69.3 Å². The molecular weight excluding hydrogens is 423 g/mol. The number of halogens is 1. The maximum atomic E-state index is 15.5. The fourth-order valence-electron chi connectivity index (χ4n) is 4.02. The van der Waals surface area contributed by atoms with E-state index in [1.54, 1.807) is 49.1 Å². The average molecular weight is 444 g/mol. The molecule has 0 spiro atoms. The molecule has 1 aliphatic rings. The molecule has 0 atom stereocenters. The minimum atomic E-state index is -0.490. The normalized spacial score (nSPS) is 13.3. The number of ether oxygens (including phenoxy) is 1. The van der Waals surface area contributed by atoms with Crippen LogP contribution in [0.1, 0.15) is 24.1 Å². The lowest BCUT2D eigenvalue weighted by Crippen LogP contribution is -2.13. The summed E-state index contributed by atoms with van der Waals surface area (Å²) >= 11 is 0. The fourth-order valence-corrected chi connectivity index (χ4v) is 4.02. The molecule has 3 N–H and O–H groups in total. The third-order valence-electron chi connectivity index (χ3n) is 5.86. The number of hydrogen-bond donors (Lipinski definition) is 2. The van der Waals surface area contributed by atoms with Gasteiger partial charge in [-0.15, -0.1) is 0 Å². The van der Waals surface area contributed by atoms with Crippen molar-refractivity contribution in [1.29, 1.82) is 0 Å². The standard InChI is InChI=1S/C24H21FN6O2/c1-12-8-19(33-14-5-6-14)22(27-2)20(21(12)25)23-17(11-28-31(23)3)13-4-7-15-16(9-13)18(10-26)29-30-24(15)32/h4,7-9,11,14H,5-6,10,26H2,1,3H3,(H,30,32). The molecule has 4 aromatic rings. The molecule has 0 bridgehead atoms. The van der Waals surface area contributed by atoms with Crippen LogP contribution in [0.5, 0.6) is 5.75 Å². The van der Waals surface area contributed by atoms with Crippen molar-refractivity contribution in [2.75, 3.05) is 0 Å². The molecule has 2 aromatic heterocycles. The average Bonchev–Trinajstić information content (AvgIpc) is 3.55. The van der Waals surface area contributed by atoms with Crippen LogP contribution in [0.3, 0.4) is 0 Å². The Labute approximate surface area is 188 Å². The number of H-pyrrole nitrogens is 1. The number of aromatic amines is 1. The molecule has 8 nitrogen and oxygen atoms in total. The Hall–Kier alpha value is -4.03. The third-order valence-corrected chi connectivity index (χ3v) is 5.86. The molecule has 166 valence electrons. The van der Waals surface area contributed by atoms with E-state index in [2.05, 4.69) is 20.1 Å². The van der Waals surface area contributed by atoms with Gasteiger partial charge in [-0.3, -0.25) is 9.48 Å². The van der Waals surface area contributed by atoms with E-state index >= 15 is 4.39 Å². The molecule has 0 radical (unpaired) electrons. The van der Waals surface area contributed by atoms with E-state index < -0.39 is 5.82 Å². The number of benzene rings is 2. The summed E-state index contributed by atoms with van der Waals surface area (Å²) in [5, 5.41) is 11.9. The Kier molecular flexibility index (Phi) is 4.95. The van der Waals surface area contributed by atoms with Gasteiger partial charge < -0.3 is 10.5 Å². The van der Waals surface area contributed by atoms with Crippen molar-refractivity contribution in [3.8, 4) is 28.1 Å². The molecule has 33 heavy (non-hydrogen) atoms. The summed E-state index contributed by atoms with van der Waals surface area (Å²) in [4.78, 5) is 15.9. The maximum absolute atomic E-state index is 15.5. The second-order valence-electron chi connectivity index (χ2n) is 8.15. The Balaban J connectivity index is 1.76. The Morgan fingerprint density at radius 2 is 2.12 bits per heavy atom. The number of nitrogens with one attached hydrogen (secondary N) is 1. The number of nitrogens with zero attached hydrogens (tertiary/aromatic N) is 4. The van der Waals surface area contributed by atoms with Crippen LogP contribution >= 0.6 is 0 Å². The third kappa shape index (κ3) is 3.45. The van der Waals surface area contributed by atoms with Gasteiger partial charge in [0.1, 0.15) is 11.6 Å². The van der Waals surface area contributed by atoms with Crippen molar-refractivity contribution >= 4 is 16.5 Å². The van der Waals surface area contributed by atoms with Gasteiger partial charge in [-0.05, 0) is 49.1 Å². The number of fused-ring (bicyclic) bond motifs is 1. The topological polar surface area (TPSA) is 103 Å². The largest absolute Gasteiger partial charge is 0.501 e. The number of hydrogen-bond acceptors (Lipinski definition) is 5. The number of aromatic nitrogens is 4. The highest BCUT2D eigenvalue weighted by Gasteiger charge is 2.29. The zero-order valence-corrected chi connectivity index (χ0v) is 18.1. The smallest absolute Gasteiger partial charge is 0.272 e. The minimum Gasteiger partial charge on any atom is -0.501 e. The van der Waals surface area contributed by atoms with Gasteiger partial charge in [-0.2, -0.15) is 10.2 Å². The predicted molar refractivity (Wildman–Crippen MR) is 123 cm³/mol. The molecule has 1 fully saturated rings. The molecule has 0 unspecified atom stereocenters. The lowest BCUT2D eigenvalue weighted by atomic mass is 9.96. The van der Waals surface area contributed by atoms with Crippen LogP contribution in [0, 0.1) is 19.3 Å². The van der Waals surface area contributed by atoms with Gasteiger partial charge in [0.2, 0.25) is 5.69 Å². The van der Waals surface area contributed by atoms with Crippen molar-refractivity contribution in [1.82, 2.24) is 20.0 Å². The van der Waals surface area contributed by atoms with E-state index in [4.69, 9.17) is 17.0 Å². The van der Waals surface area contributed by atoms with Crippen LogP contribution < -0.4 is 16.0 Å². The van der Waals surface area contributed by atoms with Crippen LogP contribution in [0.25, 0.3) is 38.0 Å². The Morgan fingerprint density at radius 3 is 2.82 bits per heavy atom. The quantitative estimate of drug-likeness (QED) is 0.453. The number of aryl methyl sites for hydroxylation is 2. The highest BCUT2D eigenvalue weighted by molar-refractivity contribution is 5.94. The highest BCUT2D eigenvalue weighted by atomic mass is 19.1. The van der Waals surface area contributed by atoms with Gasteiger partial charge >= 0.3 is 0 Å². The van der Waals surface area contributed by atoms with Crippen LogP contribution in [0.4, 0.5) is 10.1 Å². The van der Waals surface area contributed by atoms with Gasteiger partial charge in [0, 0.05) is 30.1 Å². The maximum Gasteiger partial charge on any atom is 0.272 e. The summed E-state index contributed by atoms with van der Waals surface area (Å²) in [5.74, 6) is -0.108. The number of rotatable bonds is 5. The number of nitrogens with two attached hydrogens (primary N) is 1. The van der Waals surface area contributed by atoms with Gasteiger partial charge in [0.05, 0.1) is 35.6 Å². The zero-order valence-electron chi connectivity index (χ0n) is 18.1. The molecule has 9 heteroatoms. The SMILES string of the molecule is [C-]#[N+]c1c(OC2CC2)cc(C)c(F)c1-c1c(-c2ccc3c(=O)[nH]nc(CN)c3c2)cnn1C. The summed E-state index contributed by atoms with van der Waals surface area (Å²) in [6.45, 7) is 9.58. The van der Waals surface area contributed by atoms with Crippen LogP contribution in [-0.2, 0) is 13.6 Å². The minimum absolute atomic E-state index is 0.0648. The van der Waals surface area contributed by atoms with E-state index in [-0.39, 0.29) is 29.5 Å². The molecule has 0 amide bonds. The first-order chi connectivity index (χ1) is 15.9. The first-order valence-corrected chi connectivity index (χ1v) is 10.5.